The lowest BCUT2D eigenvalue weighted by Gasteiger charge is -2.21. The number of rotatable bonds is 85. The van der Waals surface area contributed by atoms with Gasteiger partial charge in [-0.15, -0.1) is 0 Å². The van der Waals surface area contributed by atoms with Crippen molar-refractivity contribution in [2.75, 3.05) is 39.6 Å². The molecule has 19 heteroatoms. The van der Waals surface area contributed by atoms with Crippen molar-refractivity contribution < 1.29 is 80.2 Å². The molecule has 624 valence electrons. The fourth-order valence-electron chi connectivity index (χ4n) is 13.4. The Morgan fingerprint density at radius 1 is 0.257 bits per heavy atom. The number of hydrogen-bond acceptors (Lipinski definition) is 15. The molecule has 0 heterocycles. The zero-order valence-electron chi connectivity index (χ0n) is 69.0. The lowest BCUT2D eigenvalue weighted by Crippen LogP contribution is -2.30. The van der Waals surface area contributed by atoms with E-state index in [4.69, 9.17) is 37.0 Å². The van der Waals surface area contributed by atoms with Gasteiger partial charge in [0.2, 0.25) is 0 Å². The summed E-state index contributed by atoms with van der Waals surface area (Å²) in [5.41, 5.74) is 0. The van der Waals surface area contributed by atoms with Crippen molar-refractivity contribution >= 4 is 39.5 Å². The number of aliphatic hydroxyl groups excluding tert-OH is 1. The molecule has 0 rings (SSSR count). The standard InChI is InChI=1S/C86H168O17P2/c1-7-9-11-13-15-17-19-21-22-23-24-25-26-30-33-37-40-44-50-56-62-68-83(88)96-74-81(102-86(91)71-65-59-52-46-42-38-34-31-28-27-29-32-36-39-43-48-54-60-66-78(3)4)76-100-104(92,93)98-72-80(87)73-99-105(94,95)101-77-82(75-97-84(89)69-63-57-53-47-49-55-61-67-79(5)6)103-85(90)70-64-58-51-45-41-35-20-18-16-14-12-10-8-2/h78-82,87H,7-77H2,1-6H3,(H,92,93)(H,94,95)/t80-,81-,82-/m1/s1. The summed E-state index contributed by atoms with van der Waals surface area (Å²) in [4.78, 5) is 73.2. The molecule has 2 unspecified atom stereocenters. The van der Waals surface area contributed by atoms with Gasteiger partial charge in [-0.1, -0.05) is 408 Å². The van der Waals surface area contributed by atoms with Crippen LogP contribution in [-0.2, 0) is 65.4 Å². The average molecular weight is 1540 g/mol. The first-order valence-electron chi connectivity index (χ1n) is 44.5. The fourth-order valence-corrected chi connectivity index (χ4v) is 15.0. The third kappa shape index (κ3) is 79.9. The zero-order valence-corrected chi connectivity index (χ0v) is 70.8. The molecule has 0 amide bonds. The van der Waals surface area contributed by atoms with E-state index in [2.05, 4.69) is 41.5 Å². The second-order valence-corrected chi connectivity index (χ2v) is 34.8. The Morgan fingerprint density at radius 3 is 0.648 bits per heavy atom. The van der Waals surface area contributed by atoms with Crippen LogP contribution in [0.1, 0.15) is 459 Å². The van der Waals surface area contributed by atoms with Crippen molar-refractivity contribution in [1.82, 2.24) is 0 Å². The number of aliphatic hydroxyl groups is 1. The van der Waals surface area contributed by atoms with Gasteiger partial charge in [0, 0.05) is 25.7 Å². The van der Waals surface area contributed by atoms with Crippen LogP contribution in [0.15, 0.2) is 0 Å². The molecule has 0 aromatic carbocycles. The van der Waals surface area contributed by atoms with Crippen molar-refractivity contribution in [2.24, 2.45) is 11.8 Å². The minimum Gasteiger partial charge on any atom is -0.462 e. The largest absolute Gasteiger partial charge is 0.472 e. The summed E-state index contributed by atoms with van der Waals surface area (Å²) in [6.07, 6.45) is 69.7. The summed E-state index contributed by atoms with van der Waals surface area (Å²) in [5.74, 6) is -0.578. The van der Waals surface area contributed by atoms with Gasteiger partial charge in [-0.05, 0) is 37.5 Å². The highest BCUT2D eigenvalue weighted by Crippen LogP contribution is 2.45. The van der Waals surface area contributed by atoms with Crippen LogP contribution in [-0.4, -0.2) is 96.7 Å². The molecule has 0 spiro atoms. The third-order valence-corrected chi connectivity index (χ3v) is 22.1. The minimum atomic E-state index is -4.97. The maximum atomic E-state index is 13.1. The number of carbonyl (C=O) groups is 4. The quantitative estimate of drug-likeness (QED) is 0.0222. The third-order valence-electron chi connectivity index (χ3n) is 20.2. The Hall–Kier alpha value is -1.94. The lowest BCUT2D eigenvalue weighted by molar-refractivity contribution is -0.161. The lowest BCUT2D eigenvalue weighted by atomic mass is 10.0. The summed E-state index contributed by atoms with van der Waals surface area (Å²) < 4.78 is 68.8. The molecule has 0 saturated heterocycles. The first kappa shape index (κ1) is 103. The van der Waals surface area contributed by atoms with Gasteiger partial charge in [0.15, 0.2) is 12.2 Å². The van der Waals surface area contributed by atoms with Gasteiger partial charge in [0.25, 0.3) is 0 Å². The summed E-state index contributed by atoms with van der Waals surface area (Å²) in [5, 5.41) is 10.7. The van der Waals surface area contributed by atoms with E-state index >= 15 is 0 Å². The molecule has 0 aromatic rings. The zero-order chi connectivity index (χ0) is 77.1. The number of phosphoric ester groups is 2. The summed E-state index contributed by atoms with van der Waals surface area (Å²) >= 11 is 0. The van der Waals surface area contributed by atoms with Crippen LogP contribution in [0.3, 0.4) is 0 Å². The molecular formula is C86H168O17P2. The SMILES string of the molecule is CCCCCCCCCCCCCCCCCCCCCCCC(=O)OC[C@H](COP(=O)(O)OC[C@@H](O)COP(=O)(O)OC[C@@H](COC(=O)CCCCCCCCCC(C)C)OC(=O)CCCCCCCCCCCCCCC)OC(=O)CCCCCCCCCCCCCCCCCCCCC(C)C. The molecule has 0 aliphatic rings. The van der Waals surface area contributed by atoms with Gasteiger partial charge in [-0.25, -0.2) is 9.13 Å². The van der Waals surface area contributed by atoms with Crippen molar-refractivity contribution in [2.45, 2.75) is 477 Å². The minimum absolute atomic E-state index is 0.107. The topological polar surface area (TPSA) is 237 Å². The van der Waals surface area contributed by atoms with E-state index in [1.54, 1.807) is 0 Å². The molecule has 5 atom stereocenters. The van der Waals surface area contributed by atoms with Crippen LogP contribution in [0, 0.1) is 11.8 Å². The van der Waals surface area contributed by atoms with E-state index in [1.807, 2.05) is 0 Å². The second kappa shape index (κ2) is 77.4. The molecule has 3 N–H and O–H groups in total. The maximum Gasteiger partial charge on any atom is 0.472 e. The highest BCUT2D eigenvalue weighted by Gasteiger charge is 2.30. The highest BCUT2D eigenvalue weighted by molar-refractivity contribution is 7.47. The molecule has 105 heavy (non-hydrogen) atoms. The summed E-state index contributed by atoms with van der Waals surface area (Å²) in [6, 6.07) is 0. The van der Waals surface area contributed by atoms with E-state index in [-0.39, 0.29) is 25.7 Å². The normalized spacial score (nSPS) is 13.8. The van der Waals surface area contributed by atoms with Crippen LogP contribution in [0.4, 0.5) is 0 Å². The summed E-state index contributed by atoms with van der Waals surface area (Å²) in [7, 11) is -9.92. The Balaban J connectivity index is 5.20. The maximum absolute atomic E-state index is 13.1. The number of unbranched alkanes of at least 4 members (excludes halogenated alkanes) is 55. The Kier molecular flexibility index (Phi) is 76.0. The number of ether oxygens (including phenoxy) is 4. The average Bonchev–Trinajstić information content (AvgIpc) is 0.911. The molecular weight excluding hydrogens is 1370 g/mol. The van der Waals surface area contributed by atoms with E-state index in [1.165, 1.54) is 270 Å². The van der Waals surface area contributed by atoms with Gasteiger partial charge in [0.1, 0.15) is 19.3 Å². The molecule has 0 fully saturated rings. The van der Waals surface area contributed by atoms with Crippen molar-refractivity contribution in [1.29, 1.82) is 0 Å². The van der Waals surface area contributed by atoms with Gasteiger partial charge in [-0.2, -0.15) is 0 Å². The van der Waals surface area contributed by atoms with Crippen molar-refractivity contribution in [3.63, 3.8) is 0 Å². The predicted molar refractivity (Wildman–Crippen MR) is 432 cm³/mol. The summed E-state index contributed by atoms with van der Waals surface area (Å²) in [6.45, 7) is 9.64. The molecule has 0 saturated carbocycles. The fraction of sp³-hybridized carbons (Fsp3) is 0.953. The Morgan fingerprint density at radius 2 is 0.438 bits per heavy atom. The molecule has 0 radical (unpaired) electrons. The Bertz CT molecular complexity index is 2010. The number of esters is 4. The highest BCUT2D eigenvalue weighted by atomic mass is 31.2. The predicted octanol–water partition coefficient (Wildman–Crippen LogP) is 26.2. The van der Waals surface area contributed by atoms with Gasteiger partial charge in [0.05, 0.1) is 26.4 Å². The van der Waals surface area contributed by atoms with Gasteiger partial charge >= 0.3 is 39.5 Å². The van der Waals surface area contributed by atoms with Crippen LogP contribution in [0.2, 0.25) is 0 Å². The Labute approximate surface area is 645 Å². The van der Waals surface area contributed by atoms with E-state index in [0.29, 0.717) is 31.6 Å². The van der Waals surface area contributed by atoms with Crippen molar-refractivity contribution in [3.8, 4) is 0 Å². The first-order chi connectivity index (χ1) is 50.9. The van der Waals surface area contributed by atoms with Crippen LogP contribution < -0.4 is 0 Å². The van der Waals surface area contributed by atoms with Gasteiger partial charge in [-0.3, -0.25) is 37.3 Å². The van der Waals surface area contributed by atoms with E-state index in [9.17, 15) is 43.2 Å². The van der Waals surface area contributed by atoms with Gasteiger partial charge < -0.3 is 33.8 Å². The smallest absolute Gasteiger partial charge is 0.462 e. The van der Waals surface area contributed by atoms with Crippen LogP contribution in [0.5, 0.6) is 0 Å². The van der Waals surface area contributed by atoms with Crippen LogP contribution in [0.25, 0.3) is 0 Å². The molecule has 0 bridgehead atoms. The number of carbonyl (C=O) groups excluding carboxylic acids is 4. The molecule has 17 nitrogen and oxygen atoms in total. The van der Waals surface area contributed by atoms with Crippen molar-refractivity contribution in [3.05, 3.63) is 0 Å². The number of hydrogen-bond donors (Lipinski definition) is 3. The molecule has 0 aliphatic heterocycles. The molecule has 0 aliphatic carbocycles. The first-order valence-corrected chi connectivity index (χ1v) is 47.5. The second-order valence-electron chi connectivity index (χ2n) is 31.9. The molecule has 0 aromatic heterocycles. The van der Waals surface area contributed by atoms with E-state index < -0.39 is 97.5 Å². The monoisotopic (exact) mass is 1540 g/mol. The number of phosphoric acid groups is 2. The van der Waals surface area contributed by atoms with E-state index in [0.717, 1.165) is 102 Å². The van der Waals surface area contributed by atoms with Crippen LogP contribution >= 0.6 is 15.6 Å².